The van der Waals surface area contributed by atoms with E-state index < -0.39 is 0 Å². The molecule has 0 aromatic carbocycles. The fourth-order valence-corrected chi connectivity index (χ4v) is 20.8. The van der Waals surface area contributed by atoms with Crippen LogP contribution in [0.5, 0.6) is 0 Å². The predicted octanol–water partition coefficient (Wildman–Crippen LogP) is 31.2. The molecule has 0 aliphatic carbocycles. The Kier molecular flexibility index (Phi) is 47.8. The molecule has 0 aliphatic rings. The maximum Gasteiger partial charge on any atom is -0.0171 e. The van der Waals surface area contributed by atoms with Crippen LogP contribution < -0.4 is 0 Å². The second-order valence-electron chi connectivity index (χ2n) is 34.2. The number of rotatable bonds is 59. The van der Waals surface area contributed by atoms with Gasteiger partial charge in [0.1, 0.15) is 0 Å². The van der Waals surface area contributed by atoms with Gasteiger partial charge in [-0.1, -0.05) is 391 Å². The molecular formula is C86H174. The van der Waals surface area contributed by atoms with E-state index in [9.17, 15) is 0 Å². The van der Waals surface area contributed by atoms with Crippen LogP contribution in [0.15, 0.2) is 0 Å². The molecule has 0 heterocycles. The second-order valence-corrected chi connectivity index (χ2v) is 34.2. The molecule has 0 N–H and O–H groups in total. The van der Waals surface area contributed by atoms with Crippen molar-refractivity contribution in [2.45, 2.75) is 449 Å². The third kappa shape index (κ3) is 29.1. The molecule has 0 saturated heterocycles. The Morgan fingerprint density at radius 3 is 1.20 bits per heavy atom. The Morgan fingerprint density at radius 2 is 0.779 bits per heavy atom. The largest absolute Gasteiger partial charge is 0.0654 e. The van der Waals surface area contributed by atoms with Crippen LogP contribution in [0, 0.1) is 104 Å². The smallest absolute Gasteiger partial charge is 0.0171 e. The molecule has 0 aromatic rings. The van der Waals surface area contributed by atoms with Gasteiger partial charge < -0.3 is 0 Å². The lowest BCUT2D eigenvalue weighted by Gasteiger charge is -2.72. The molecule has 0 aromatic heterocycles. The van der Waals surface area contributed by atoms with E-state index in [2.05, 4.69) is 173 Å². The molecule has 0 heteroatoms. The van der Waals surface area contributed by atoms with Gasteiger partial charge >= 0.3 is 0 Å². The fourth-order valence-electron chi connectivity index (χ4n) is 20.8. The summed E-state index contributed by atoms with van der Waals surface area (Å²) in [5.74, 6) is 9.63. The van der Waals surface area contributed by atoms with Crippen LogP contribution in [0.1, 0.15) is 449 Å². The molecule has 0 radical (unpaired) electrons. The Balaban J connectivity index is 11.5. The minimum absolute atomic E-state index is 0.173. The van der Waals surface area contributed by atoms with Crippen molar-refractivity contribution >= 4 is 0 Å². The average Bonchev–Trinajstić information content (AvgIpc) is 0.693. The summed E-state index contributed by atoms with van der Waals surface area (Å²) in [5.41, 5.74) is 1.24. The first kappa shape index (κ1) is 86.0. The predicted molar refractivity (Wildman–Crippen MR) is 398 cm³/mol. The van der Waals surface area contributed by atoms with Gasteiger partial charge in [0.05, 0.1) is 0 Å². The average molecular weight is 1210 g/mol. The molecule has 16 atom stereocenters. The zero-order chi connectivity index (χ0) is 65.4. The molecule has 16 unspecified atom stereocenters. The van der Waals surface area contributed by atoms with Crippen LogP contribution in [0.2, 0.25) is 0 Å². The minimum Gasteiger partial charge on any atom is -0.0654 e. The standard InChI is InChI=1S/C86H174/c1-26-40-45-54-75(50-32-7)62-80(38-13)86(74(20)72(18)71(17)49-31-6,68-78(53-35-10)57-48-43-29-4)85(66-70(16)65-83(24,25)39-14,67-77(52-34-9)56-47-42-28-3)84(60-36-11,61-59-69(15)64-82(21,22)23)81(73(19)79(37-12)58-44-30-5)63-76(51-33-8)55-46-41-27-2/h69-81H,26-68H2,1-25H3. The molecule has 86 heavy (non-hydrogen) atoms. The normalized spacial score (nSPS) is 19.5. The Hall–Kier alpha value is 0. The Labute approximate surface area is 550 Å². The molecule has 0 saturated carbocycles. The molecule has 0 spiro atoms. The van der Waals surface area contributed by atoms with Gasteiger partial charge in [0.25, 0.3) is 0 Å². The van der Waals surface area contributed by atoms with Crippen LogP contribution in [-0.4, -0.2) is 0 Å². The summed E-state index contributed by atoms with van der Waals surface area (Å²) in [6.07, 6.45) is 60.4. The Morgan fingerprint density at radius 1 is 0.326 bits per heavy atom. The lowest BCUT2D eigenvalue weighted by molar-refractivity contribution is -0.237. The Bertz CT molecular complexity index is 1510. The fraction of sp³-hybridized carbons (Fsp3) is 1.00. The van der Waals surface area contributed by atoms with Crippen molar-refractivity contribution in [2.75, 3.05) is 0 Å². The van der Waals surface area contributed by atoms with Crippen molar-refractivity contribution in [1.29, 1.82) is 0 Å². The zero-order valence-corrected chi connectivity index (χ0v) is 65.4. The van der Waals surface area contributed by atoms with Crippen LogP contribution in [0.25, 0.3) is 0 Å². The van der Waals surface area contributed by atoms with Crippen LogP contribution >= 0.6 is 0 Å². The third-order valence-corrected chi connectivity index (χ3v) is 25.3. The van der Waals surface area contributed by atoms with Crippen LogP contribution in [0.4, 0.5) is 0 Å². The van der Waals surface area contributed by atoms with E-state index in [4.69, 9.17) is 0 Å². The van der Waals surface area contributed by atoms with Crippen molar-refractivity contribution in [2.24, 2.45) is 104 Å². The second kappa shape index (κ2) is 47.8. The first-order chi connectivity index (χ1) is 40.9. The van der Waals surface area contributed by atoms with E-state index in [1.165, 1.54) is 276 Å². The number of hydrogen-bond donors (Lipinski definition) is 0. The maximum atomic E-state index is 3.08. The van der Waals surface area contributed by atoms with E-state index in [1.54, 1.807) is 0 Å². The van der Waals surface area contributed by atoms with E-state index in [0.29, 0.717) is 28.6 Å². The highest BCUT2D eigenvalue weighted by Crippen LogP contribution is 2.76. The highest BCUT2D eigenvalue weighted by atomic mass is 14.7. The van der Waals surface area contributed by atoms with Gasteiger partial charge in [0, 0.05) is 0 Å². The maximum absolute atomic E-state index is 3.08. The van der Waals surface area contributed by atoms with E-state index in [-0.39, 0.29) is 16.2 Å². The summed E-state index contributed by atoms with van der Waals surface area (Å²) in [6.45, 7) is 66.8. The lowest BCUT2D eigenvalue weighted by Crippen LogP contribution is -2.65. The van der Waals surface area contributed by atoms with Crippen molar-refractivity contribution in [1.82, 2.24) is 0 Å². The van der Waals surface area contributed by atoms with Crippen molar-refractivity contribution in [3.8, 4) is 0 Å². The SMILES string of the molecule is CCCCCC(CCC)CC(C(C)C(CC)CCCC)C(CCC)(CCC(C)CC(C)(C)C)C(CC(C)CC(C)(C)CC)(CC(CCC)CCCCC)C(CC(CCC)CCCCC)(C(CC)CC(CCC)CCCCC)C(C)C(C)C(C)CCC. The van der Waals surface area contributed by atoms with Gasteiger partial charge in [0.2, 0.25) is 0 Å². The van der Waals surface area contributed by atoms with Crippen LogP contribution in [0.3, 0.4) is 0 Å². The van der Waals surface area contributed by atoms with Crippen LogP contribution in [-0.2, 0) is 0 Å². The first-order valence-corrected chi connectivity index (χ1v) is 40.9. The van der Waals surface area contributed by atoms with Gasteiger partial charge in [-0.3, -0.25) is 0 Å². The summed E-state index contributed by atoms with van der Waals surface area (Å²) in [5, 5.41) is 0. The highest BCUT2D eigenvalue weighted by molar-refractivity contribution is 5.17. The third-order valence-electron chi connectivity index (χ3n) is 25.3. The summed E-state index contributed by atoms with van der Waals surface area (Å²) in [6, 6.07) is 0. The van der Waals surface area contributed by atoms with Gasteiger partial charge in [-0.05, 0) is 162 Å². The van der Waals surface area contributed by atoms with E-state index in [0.717, 1.165) is 59.2 Å². The first-order valence-electron chi connectivity index (χ1n) is 40.9. The lowest BCUT2D eigenvalue weighted by atomic mass is 9.32. The van der Waals surface area contributed by atoms with Gasteiger partial charge in [-0.15, -0.1) is 0 Å². The minimum atomic E-state index is 0.173. The van der Waals surface area contributed by atoms with Crippen molar-refractivity contribution in [3.63, 3.8) is 0 Å². The van der Waals surface area contributed by atoms with E-state index in [1.807, 2.05) is 0 Å². The molecule has 0 aliphatic heterocycles. The zero-order valence-electron chi connectivity index (χ0n) is 65.4. The topological polar surface area (TPSA) is 0 Å². The summed E-state index contributed by atoms with van der Waals surface area (Å²) < 4.78 is 0. The molecule has 0 nitrogen and oxygen atoms in total. The molecular weight excluding hydrogens is 1030 g/mol. The summed E-state index contributed by atoms with van der Waals surface area (Å²) in [7, 11) is 0. The van der Waals surface area contributed by atoms with Gasteiger partial charge in [-0.2, -0.15) is 0 Å². The number of hydrogen-bond acceptors (Lipinski definition) is 0. The quantitative estimate of drug-likeness (QED) is 0.0533. The molecule has 0 amide bonds. The monoisotopic (exact) mass is 1210 g/mol. The summed E-state index contributed by atoms with van der Waals surface area (Å²) in [4.78, 5) is 0. The molecule has 0 rings (SSSR count). The van der Waals surface area contributed by atoms with Crippen molar-refractivity contribution < 1.29 is 0 Å². The number of unbranched alkanes of at least 4 members (excludes halogenated alkanes) is 9. The molecule has 0 bridgehead atoms. The highest BCUT2D eigenvalue weighted by Gasteiger charge is 2.69. The van der Waals surface area contributed by atoms with Gasteiger partial charge in [0.15, 0.2) is 0 Å². The summed E-state index contributed by atoms with van der Waals surface area (Å²) >= 11 is 0. The molecule has 518 valence electrons. The van der Waals surface area contributed by atoms with E-state index >= 15 is 0 Å². The van der Waals surface area contributed by atoms with Gasteiger partial charge in [-0.25, -0.2) is 0 Å². The van der Waals surface area contributed by atoms with Crippen molar-refractivity contribution in [3.05, 3.63) is 0 Å². The molecule has 0 fully saturated rings.